The molecule has 2 aliphatic rings. The van der Waals surface area contributed by atoms with Crippen molar-refractivity contribution in [3.05, 3.63) is 29.8 Å². The number of carbonyl (C=O) groups excluding carboxylic acids is 1. The van der Waals surface area contributed by atoms with E-state index in [4.69, 9.17) is 0 Å². The fourth-order valence-electron chi connectivity index (χ4n) is 3.19. The number of hydrogen-bond donors (Lipinski definition) is 1. The van der Waals surface area contributed by atoms with Crippen molar-refractivity contribution in [2.75, 3.05) is 18.5 Å². The summed E-state index contributed by atoms with van der Waals surface area (Å²) in [4.78, 5) is 13.9. The number of Topliss-reactive ketones (excluding diaryl/α,β-unsaturated/α-hetero) is 1. The van der Waals surface area contributed by atoms with Gasteiger partial charge in [0.05, 0.1) is 5.69 Å². The molecule has 0 unspecified atom stereocenters. The Morgan fingerprint density at radius 3 is 2.50 bits per heavy atom. The maximum Gasteiger partial charge on any atom is 0.138 e. The van der Waals surface area contributed by atoms with Crippen molar-refractivity contribution < 1.29 is 4.79 Å². The number of carbonyl (C=O) groups is 1. The molecular weight excluding hydrogens is 274 g/mol. The molecule has 0 aromatic heterocycles. The lowest BCUT2D eigenvalue weighted by Gasteiger charge is -2.26. The minimum atomic E-state index is 0.309. The van der Waals surface area contributed by atoms with E-state index in [1.54, 1.807) is 0 Å². The Hall–Kier alpha value is -1.68. The van der Waals surface area contributed by atoms with Gasteiger partial charge < -0.3 is 0 Å². The molecule has 2 fully saturated rings. The molecule has 1 N–H and O–H groups in total. The Kier molecular flexibility index (Phi) is 5.22. The van der Waals surface area contributed by atoms with E-state index in [2.05, 4.69) is 39.7 Å². The van der Waals surface area contributed by atoms with Crippen molar-refractivity contribution in [3.8, 4) is 0 Å². The molecule has 0 amide bonds. The third-order valence-corrected chi connectivity index (χ3v) is 4.47. The number of nitrogens with one attached hydrogen (secondary N) is 1. The van der Waals surface area contributed by atoms with Crippen LogP contribution in [0.1, 0.15) is 50.5 Å². The van der Waals surface area contributed by atoms with Crippen LogP contribution in [0.25, 0.3) is 0 Å². The smallest absolute Gasteiger partial charge is 0.138 e. The van der Waals surface area contributed by atoms with Crippen LogP contribution >= 0.6 is 0 Å². The van der Waals surface area contributed by atoms with Crippen LogP contribution in [0.4, 0.5) is 5.69 Å². The van der Waals surface area contributed by atoms with Crippen molar-refractivity contribution >= 4 is 17.2 Å². The second-order valence-corrected chi connectivity index (χ2v) is 6.39. The highest BCUT2D eigenvalue weighted by molar-refractivity contribution is 6.04. The molecule has 1 aliphatic carbocycles. The van der Waals surface area contributed by atoms with Gasteiger partial charge in [-0.3, -0.25) is 15.1 Å². The topological polar surface area (TPSA) is 44.7 Å². The number of ketones is 1. The number of piperidine rings is 1. The van der Waals surface area contributed by atoms with Gasteiger partial charge in [-0.1, -0.05) is 18.6 Å². The van der Waals surface area contributed by atoms with Crippen LogP contribution in [0.15, 0.2) is 29.4 Å². The lowest BCUT2D eigenvalue weighted by molar-refractivity contribution is -0.118. The first-order valence-corrected chi connectivity index (χ1v) is 8.44. The molecule has 4 heteroatoms. The first-order chi connectivity index (χ1) is 10.8. The normalized spacial score (nSPS) is 22.0. The molecule has 4 nitrogen and oxygen atoms in total. The van der Waals surface area contributed by atoms with Gasteiger partial charge in [0.2, 0.25) is 0 Å². The molecule has 0 atom stereocenters. The molecule has 1 aromatic rings. The zero-order valence-corrected chi connectivity index (χ0v) is 13.2. The number of nitrogens with zero attached hydrogens (tertiary/aromatic N) is 2. The Labute approximate surface area is 132 Å². The summed E-state index contributed by atoms with van der Waals surface area (Å²) >= 11 is 0. The number of anilines is 1. The third-order valence-electron chi connectivity index (χ3n) is 4.47. The molecule has 1 heterocycles. The van der Waals surface area contributed by atoms with Crippen LogP contribution < -0.4 is 5.43 Å². The molecule has 22 heavy (non-hydrogen) atoms. The van der Waals surface area contributed by atoms with Crippen LogP contribution in [0.3, 0.4) is 0 Å². The van der Waals surface area contributed by atoms with Crippen LogP contribution in [0, 0.1) is 0 Å². The maximum absolute atomic E-state index is 11.4. The fraction of sp³-hybridized carbons (Fsp3) is 0.556. The molecule has 1 aromatic carbocycles. The lowest BCUT2D eigenvalue weighted by atomic mass is 9.97. The SMILES string of the molecule is O=C1CCC/C(=N\Nc2ccc(CN3CCCCC3)cc2)C1. The summed E-state index contributed by atoms with van der Waals surface area (Å²) in [6, 6.07) is 8.49. The van der Waals surface area contributed by atoms with E-state index < -0.39 is 0 Å². The van der Waals surface area contributed by atoms with Gasteiger partial charge in [-0.2, -0.15) is 5.10 Å². The molecule has 0 bridgehead atoms. The van der Waals surface area contributed by atoms with Crippen LogP contribution in [-0.2, 0) is 11.3 Å². The summed E-state index contributed by atoms with van der Waals surface area (Å²) in [6.07, 6.45) is 7.14. The van der Waals surface area contributed by atoms with Crippen LogP contribution in [0.5, 0.6) is 0 Å². The van der Waals surface area contributed by atoms with E-state index in [9.17, 15) is 4.79 Å². The van der Waals surface area contributed by atoms with Crippen molar-refractivity contribution in [3.63, 3.8) is 0 Å². The van der Waals surface area contributed by atoms with E-state index in [1.165, 1.54) is 37.9 Å². The predicted octanol–water partition coefficient (Wildman–Crippen LogP) is 3.58. The second kappa shape index (κ2) is 7.54. The van der Waals surface area contributed by atoms with Crippen molar-refractivity contribution in [2.24, 2.45) is 5.10 Å². The van der Waals surface area contributed by atoms with Gasteiger partial charge in [-0.25, -0.2) is 0 Å². The van der Waals surface area contributed by atoms with E-state index in [-0.39, 0.29) is 0 Å². The molecule has 1 saturated carbocycles. The summed E-state index contributed by atoms with van der Waals surface area (Å²) in [5, 5.41) is 4.38. The summed E-state index contributed by atoms with van der Waals surface area (Å²) < 4.78 is 0. The van der Waals surface area contributed by atoms with Gasteiger partial charge in [-0.05, 0) is 56.5 Å². The first kappa shape index (κ1) is 15.2. The maximum atomic E-state index is 11.4. The Morgan fingerprint density at radius 2 is 1.77 bits per heavy atom. The molecule has 1 aliphatic heterocycles. The molecule has 3 rings (SSSR count). The number of likely N-dealkylation sites (tertiary alicyclic amines) is 1. The quantitative estimate of drug-likeness (QED) is 0.864. The second-order valence-electron chi connectivity index (χ2n) is 6.39. The van der Waals surface area contributed by atoms with E-state index in [0.717, 1.165) is 30.8 Å². The third kappa shape index (κ3) is 4.41. The Bertz CT molecular complexity index is 530. The standard InChI is InChI=1S/C18H25N3O/c22-18-6-4-5-17(13-18)20-19-16-9-7-15(8-10-16)14-21-11-2-1-3-12-21/h7-10,19H,1-6,11-14H2/b20-17+. The summed E-state index contributed by atoms with van der Waals surface area (Å²) in [5.41, 5.74) is 6.42. The number of rotatable bonds is 4. The molecule has 0 spiro atoms. The minimum Gasteiger partial charge on any atom is -0.299 e. The van der Waals surface area contributed by atoms with Gasteiger partial charge in [0.25, 0.3) is 0 Å². The largest absolute Gasteiger partial charge is 0.299 e. The minimum absolute atomic E-state index is 0.309. The molecular formula is C18H25N3O. The fourth-order valence-corrected chi connectivity index (χ4v) is 3.19. The van der Waals surface area contributed by atoms with Crippen LogP contribution in [0.2, 0.25) is 0 Å². The highest BCUT2D eigenvalue weighted by Crippen LogP contribution is 2.16. The highest BCUT2D eigenvalue weighted by Gasteiger charge is 2.14. The number of hydrogen-bond acceptors (Lipinski definition) is 4. The first-order valence-electron chi connectivity index (χ1n) is 8.44. The molecule has 118 valence electrons. The molecule has 1 saturated heterocycles. The van der Waals surface area contributed by atoms with Crippen LogP contribution in [-0.4, -0.2) is 29.5 Å². The average Bonchev–Trinajstić information content (AvgIpc) is 2.55. The van der Waals surface area contributed by atoms with Crippen molar-refractivity contribution in [2.45, 2.75) is 51.5 Å². The lowest BCUT2D eigenvalue weighted by Crippen LogP contribution is -2.29. The Morgan fingerprint density at radius 1 is 1.00 bits per heavy atom. The van der Waals surface area contributed by atoms with Gasteiger partial charge in [0, 0.05) is 25.1 Å². The summed E-state index contributed by atoms with van der Waals surface area (Å²) in [6.45, 7) is 3.49. The monoisotopic (exact) mass is 299 g/mol. The van der Waals surface area contributed by atoms with Gasteiger partial charge in [-0.15, -0.1) is 0 Å². The zero-order valence-electron chi connectivity index (χ0n) is 13.2. The van der Waals surface area contributed by atoms with Crippen molar-refractivity contribution in [1.29, 1.82) is 0 Å². The number of benzene rings is 1. The number of hydrazone groups is 1. The van der Waals surface area contributed by atoms with E-state index in [1.807, 2.05) is 0 Å². The summed E-state index contributed by atoms with van der Waals surface area (Å²) in [7, 11) is 0. The van der Waals surface area contributed by atoms with Crippen molar-refractivity contribution in [1.82, 2.24) is 4.90 Å². The zero-order chi connectivity index (χ0) is 15.2. The highest BCUT2D eigenvalue weighted by atomic mass is 16.1. The molecule has 0 radical (unpaired) electrons. The Balaban J connectivity index is 1.52. The predicted molar refractivity (Wildman–Crippen MR) is 90.1 cm³/mol. The summed E-state index contributed by atoms with van der Waals surface area (Å²) in [5.74, 6) is 0.309. The average molecular weight is 299 g/mol. The van der Waals surface area contributed by atoms with Gasteiger partial charge in [0.1, 0.15) is 5.78 Å². The van der Waals surface area contributed by atoms with E-state index in [0.29, 0.717) is 18.6 Å². The van der Waals surface area contributed by atoms with Gasteiger partial charge in [0.15, 0.2) is 0 Å². The van der Waals surface area contributed by atoms with E-state index >= 15 is 0 Å². The van der Waals surface area contributed by atoms with Gasteiger partial charge >= 0.3 is 0 Å².